The molecule has 2 heterocycles. The fourth-order valence-corrected chi connectivity index (χ4v) is 2.54. The highest BCUT2D eigenvalue weighted by Crippen LogP contribution is 2.33. The van der Waals surface area contributed by atoms with E-state index in [-0.39, 0.29) is 12.4 Å². The molecule has 0 spiro atoms. The predicted molar refractivity (Wildman–Crippen MR) is 72.1 cm³/mol. The highest BCUT2D eigenvalue weighted by atomic mass is 79.9. The van der Waals surface area contributed by atoms with E-state index in [2.05, 4.69) is 20.9 Å². The number of benzene rings is 1. The number of halogens is 1. The average Bonchev–Trinajstić information content (AvgIpc) is 2.88. The highest BCUT2D eigenvalue weighted by Gasteiger charge is 2.28. The van der Waals surface area contributed by atoms with Crippen molar-refractivity contribution in [2.24, 2.45) is 5.73 Å². The molecule has 1 aromatic heterocycles. The number of ether oxygens (including phenoxy) is 2. The van der Waals surface area contributed by atoms with Gasteiger partial charge < -0.3 is 15.2 Å². The van der Waals surface area contributed by atoms with Crippen molar-refractivity contribution in [1.29, 1.82) is 0 Å². The lowest BCUT2D eigenvalue weighted by atomic mass is 10.1. The van der Waals surface area contributed by atoms with Gasteiger partial charge in [0.15, 0.2) is 6.29 Å². The van der Waals surface area contributed by atoms with Crippen molar-refractivity contribution in [1.82, 2.24) is 4.98 Å². The predicted octanol–water partition coefficient (Wildman–Crippen LogP) is 2.37. The summed E-state index contributed by atoms with van der Waals surface area (Å²) in [6, 6.07) is 7.89. The van der Waals surface area contributed by atoms with Gasteiger partial charge in [-0.15, -0.1) is 0 Å². The maximum absolute atomic E-state index is 5.74. The quantitative estimate of drug-likeness (QED) is 0.925. The van der Waals surface area contributed by atoms with Gasteiger partial charge >= 0.3 is 0 Å². The number of hydrogen-bond donors (Lipinski definition) is 1. The molecule has 2 atom stereocenters. The van der Waals surface area contributed by atoms with Crippen LogP contribution >= 0.6 is 15.9 Å². The number of hydrogen-bond acceptors (Lipinski definition) is 4. The standard InChI is InChI=1S/C13H13BrN2O2/c14-11-4-3-10(12-9(11)2-1-5-16-12)13-17-7-8(6-15)18-13/h1-5,8,13H,6-7,15H2. The van der Waals surface area contributed by atoms with Crippen LogP contribution in [0.15, 0.2) is 34.9 Å². The molecule has 0 bridgehead atoms. The molecule has 18 heavy (non-hydrogen) atoms. The van der Waals surface area contributed by atoms with Gasteiger partial charge in [-0.1, -0.05) is 28.1 Å². The minimum atomic E-state index is -0.371. The van der Waals surface area contributed by atoms with Gasteiger partial charge in [0.2, 0.25) is 0 Å². The van der Waals surface area contributed by atoms with Crippen LogP contribution in [0.5, 0.6) is 0 Å². The van der Waals surface area contributed by atoms with Crippen LogP contribution in [-0.4, -0.2) is 24.2 Å². The van der Waals surface area contributed by atoms with Crippen molar-refractivity contribution in [3.05, 3.63) is 40.5 Å². The Bertz CT molecular complexity index is 576. The van der Waals surface area contributed by atoms with E-state index in [0.29, 0.717) is 13.2 Å². The summed E-state index contributed by atoms with van der Waals surface area (Å²) in [5.74, 6) is 0. The van der Waals surface area contributed by atoms with Crippen LogP contribution in [0, 0.1) is 0 Å². The smallest absolute Gasteiger partial charge is 0.186 e. The average molecular weight is 309 g/mol. The minimum absolute atomic E-state index is 0.0302. The zero-order chi connectivity index (χ0) is 12.5. The number of rotatable bonds is 2. The van der Waals surface area contributed by atoms with E-state index in [4.69, 9.17) is 15.2 Å². The van der Waals surface area contributed by atoms with Gasteiger partial charge in [0.1, 0.15) is 0 Å². The summed E-state index contributed by atoms with van der Waals surface area (Å²) in [5.41, 5.74) is 7.43. The summed E-state index contributed by atoms with van der Waals surface area (Å²) in [4.78, 5) is 4.42. The number of nitrogens with zero attached hydrogens (tertiary/aromatic N) is 1. The molecular weight excluding hydrogens is 296 g/mol. The normalized spacial score (nSPS) is 23.7. The van der Waals surface area contributed by atoms with E-state index >= 15 is 0 Å². The van der Waals surface area contributed by atoms with Crippen LogP contribution in [0.25, 0.3) is 10.9 Å². The van der Waals surface area contributed by atoms with Crippen molar-refractivity contribution in [2.45, 2.75) is 12.4 Å². The maximum Gasteiger partial charge on any atom is 0.186 e. The first-order valence-electron chi connectivity index (χ1n) is 5.80. The molecule has 1 aromatic carbocycles. The largest absolute Gasteiger partial charge is 0.346 e. The Kier molecular flexibility index (Phi) is 3.30. The zero-order valence-electron chi connectivity index (χ0n) is 9.67. The fourth-order valence-electron chi connectivity index (χ4n) is 2.08. The fraction of sp³-hybridized carbons (Fsp3) is 0.308. The van der Waals surface area contributed by atoms with Gasteiger partial charge in [0, 0.05) is 28.2 Å². The number of fused-ring (bicyclic) bond motifs is 1. The van der Waals surface area contributed by atoms with Crippen molar-refractivity contribution in [3.63, 3.8) is 0 Å². The van der Waals surface area contributed by atoms with Gasteiger partial charge in [-0.3, -0.25) is 4.98 Å². The topological polar surface area (TPSA) is 57.4 Å². The molecule has 3 rings (SSSR count). The summed E-state index contributed by atoms with van der Waals surface area (Å²) >= 11 is 3.52. The summed E-state index contributed by atoms with van der Waals surface area (Å²) in [6.07, 6.45) is 1.37. The summed E-state index contributed by atoms with van der Waals surface area (Å²) in [5, 5.41) is 1.05. The Morgan fingerprint density at radius 3 is 3.06 bits per heavy atom. The summed E-state index contributed by atoms with van der Waals surface area (Å²) in [6.45, 7) is 1.00. The van der Waals surface area contributed by atoms with Gasteiger partial charge in [-0.25, -0.2) is 0 Å². The summed E-state index contributed by atoms with van der Waals surface area (Å²) < 4.78 is 12.4. The minimum Gasteiger partial charge on any atom is -0.346 e. The Morgan fingerprint density at radius 1 is 1.39 bits per heavy atom. The molecule has 0 saturated carbocycles. The lowest BCUT2D eigenvalue weighted by Crippen LogP contribution is -2.21. The van der Waals surface area contributed by atoms with Crippen LogP contribution in [0.2, 0.25) is 0 Å². The van der Waals surface area contributed by atoms with E-state index in [0.717, 1.165) is 20.9 Å². The third-order valence-corrected chi connectivity index (χ3v) is 3.71. The number of pyridine rings is 1. The van der Waals surface area contributed by atoms with E-state index in [1.807, 2.05) is 24.3 Å². The molecule has 0 radical (unpaired) electrons. The molecular formula is C13H13BrN2O2. The first-order valence-corrected chi connectivity index (χ1v) is 6.59. The molecule has 94 valence electrons. The Labute approximate surface area is 113 Å². The van der Waals surface area contributed by atoms with Crippen LogP contribution in [0.3, 0.4) is 0 Å². The van der Waals surface area contributed by atoms with Gasteiger partial charge in [-0.2, -0.15) is 0 Å². The second-order valence-electron chi connectivity index (χ2n) is 4.20. The van der Waals surface area contributed by atoms with E-state index < -0.39 is 0 Å². The SMILES string of the molecule is NCC1COC(c2ccc(Br)c3cccnc23)O1. The van der Waals surface area contributed by atoms with E-state index in [9.17, 15) is 0 Å². The molecule has 2 aromatic rings. The van der Waals surface area contributed by atoms with E-state index in [1.165, 1.54) is 0 Å². The lowest BCUT2D eigenvalue weighted by molar-refractivity contribution is -0.0576. The molecule has 5 heteroatoms. The number of aromatic nitrogens is 1. The Morgan fingerprint density at radius 2 is 2.28 bits per heavy atom. The second-order valence-corrected chi connectivity index (χ2v) is 5.05. The van der Waals surface area contributed by atoms with Gasteiger partial charge in [-0.05, 0) is 12.1 Å². The van der Waals surface area contributed by atoms with Crippen molar-refractivity contribution in [2.75, 3.05) is 13.2 Å². The third-order valence-electron chi connectivity index (χ3n) is 3.01. The Balaban J connectivity index is 2.05. The van der Waals surface area contributed by atoms with Crippen molar-refractivity contribution < 1.29 is 9.47 Å². The molecule has 1 saturated heterocycles. The molecule has 1 fully saturated rings. The van der Waals surface area contributed by atoms with E-state index in [1.54, 1.807) is 6.20 Å². The number of nitrogens with two attached hydrogens (primary N) is 1. The monoisotopic (exact) mass is 308 g/mol. The molecule has 1 aliphatic rings. The molecule has 2 unspecified atom stereocenters. The molecule has 0 amide bonds. The second kappa shape index (κ2) is 4.93. The Hall–Kier alpha value is -1.01. The highest BCUT2D eigenvalue weighted by molar-refractivity contribution is 9.10. The summed E-state index contributed by atoms with van der Waals surface area (Å²) in [7, 11) is 0. The van der Waals surface area contributed by atoms with Crippen LogP contribution < -0.4 is 5.73 Å². The third kappa shape index (κ3) is 2.03. The van der Waals surface area contributed by atoms with Gasteiger partial charge in [0.25, 0.3) is 0 Å². The molecule has 1 aliphatic heterocycles. The van der Waals surface area contributed by atoms with Crippen molar-refractivity contribution >= 4 is 26.8 Å². The van der Waals surface area contributed by atoms with Crippen LogP contribution in [-0.2, 0) is 9.47 Å². The van der Waals surface area contributed by atoms with Crippen LogP contribution in [0.4, 0.5) is 0 Å². The zero-order valence-corrected chi connectivity index (χ0v) is 11.3. The van der Waals surface area contributed by atoms with Crippen molar-refractivity contribution in [3.8, 4) is 0 Å². The molecule has 4 nitrogen and oxygen atoms in total. The first-order chi connectivity index (χ1) is 8.79. The maximum atomic E-state index is 5.74. The molecule has 2 N–H and O–H groups in total. The lowest BCUT2D eigenvalue weighted by Gasteiger charge is -2.13. The molecule has 0 aliphatic carbocycles. The van der Waals surface area contributed by atoms with Gasteiger partial charge in [0.05, 0.1) is 18.2 Å². The van der Waals surface area contributed by atoms with Crippen LogP contribution in [0.1, 0.15) is 11.9 Å². The first kappa shape index (κ1) is 12.0.